The number of carbonyl (C=O) groups is 2. The van der Waals surface area contributed by atoms with E-state index in [4.69, 9.17) is 9.84 Å². The molecule has 1 aromatic rings. The minimum atomic E-state index is -0.922. The quantitative estimate of drug-likeness (QED) is 0.889. The molecule has 6 heteroatoms. The number of para-hydroxylation sites is 1. The van der Waals surface area contributed by atoms with E-state index in [0.717, 1.165) is 12.8 Å². The van der Waals surface area contributed by atoms with E-state index in [1.807, 2.05) is 0 Å². The van der Waals surface area contributed by atoms with E-state index in [1.165, 1.54) is 0 Å². The Hall–Kier alpha value is -2.08. The molecule has 1 saturated heterocycles. The zero-order valence-electron chi connectivity index (χ0n) is 12.0. The van der Waals surface area contributed by atoms with E-state index in [-0.39, 0.29) is 18.5 Å². The van der Waals surface area contributed by atoms with Gasteiger partial charge < -0.3 is 20.1 Å². The molecule has 0 bridgehead atoms. The summed E-state index contributed by atoms with van der Waals surface area (Å²) in [5, 5.41) is 11.7. The monoisotopic (exact) mass is 292 g/mol. The third kappa shape index (κ3) is 4.19. The van der Waals surface area contributed by atoms with Crippen LogP contribution >= 0.6 is 0 Å². The van der Waals surface area contributed by atoms with Crippen LogP contribution < -0.4 is 5.32 Å². The van der Waals surface area contributed by atoms with E-state index in [0.29, 0.717) is 24.5 Å². The Morgan fingerprint density at radius 1 is 1.33 bits per heavy atom. The lowest BCUT2D eigenvalue weighted by Crippen LogP contribution is -2.42. The molecule has 0 saturated carbocycles. The normalized spacial score (nSPS) is 15.5. The summed E-state index contributed by atoms with van der Waals surface area (Å²) in [6, 6.07) is 6.89. The molecule has 0 aliphatic carbocycles. The highest BCUT2D eigenvalue weighted by atomic mass is 16.5. The fourth-order valence-corrected chi connectivity index (χ4v) is 2.40. The van der Waals surface area contributed by atoms with Gasteiger partial charge in [0.05, 0.1) is 6.42 Å². The first kappa shape index (κ1) is 15.3. The van der Waals surface area contributed by atoms with Crippen LogP contribution in [0.1, 0.15) is 18.4 Å². The van der Waals surface area contributed by atoms with Crippen LogP contribution in [0.25, 0.3) is 0 Å². The number of amides is 2. The number of rotatable bonds is 4. The van der Waals surface area contributed by atoms with Crippen molar-refractivity contribution in [3.8, 4) is 0 Å². The zero-order valence-corrected chi connectivity index (χ0v) is 12.0. The molecule has 0 radical (unpaired) electrons. The van der Waals surface area contributed by atoms with Crippen LogP contribution in [0.15, 0.2) is 24.3 Å². The summed E-state index contributed by atoms with van der Waals surface area (Å²) in [5.41, 5.74) is 1.14. The van der Waals surface area contributed by atoms with E-state index in [1.54, 1.807) is 36.2 Å². The number of carbonyl (C=O) groups excluding carboxylic acids is 1. The maximum absolute atomic E-state index is 12.3. The molecule has 0 aromatic heterocycles. The second-order valence-corrected chi connectivity index (χ2v) is 5.11. The van der Waals surface area contributed by atoms with Crippen molar-refractivity contribution in [3.63, 3.8) is 0 Å². The number of carboxylic acids is 1. The van der Waals surface area contributed by atoms with Gasteiger partial charge in [0.25, 0.3) is 0 Å². The van der Waals surface area contributed by atoms with Gasteiger partial charge in [-0.2, -0.15) is 0 Å². The topological polar surface area (TPSA) is 78.9 Å². The number of anilines is 1. The van der Waals surface area contributed by atoms with Crippen LogP contribution in [-0.2, 0) is 16.0 Å². The van der Waals surface area contributed by atoms with Gasteiger partial charge in [-0.3, -0.25) is 4.79 Å². The first-order chi connectivity index (χ1) is 10.1. The summed E-state index contributed by atoms with van der Waals surface area (Å²) in [7, 11) is 1.76. The average molecular weight is 292 g/mol. The Morgan fingerprint density at radius 3 is 2.67 bits per heavy atom. The number of carboxylic acid groups (broad SMARTS) is 1. The number of ether oxygens (including phenoxy) is 1. The van der Waals surface area contributed by atoms with E-state index < -0.39 is 5.97 Å². The second-order valence-electron chi connectivity index (χ2n) is 5.11. The Morgan fingerprint density at radius 2 is 2.00 bits per heavy atom. The Bertz CT molecular complexity index is 512. The largest absolute Gasteiger partial charge is 0.481 e. The molecular weight excluding hydrogens is 272 g/mol. The van der Waals surface area contributed by atoms with Crippen molar-refractivity contribution < 1.29 is 19.4 Å². The fourth-order valence-electron chi connectivity index (χ4n) is 2.40. The molecule has 1 aliphatic heterocycles. The summed E-state index contributed by atoms with van der Waals surface area (Å²) in [6.07, 6.45) is 1.53. The van der Waals surface area contributed by atoms with Gasteiger partial charge in [0.1, 0.15) is 0 Å². The first-order valence-electron chi connectivity index (χ1n) is 6.99. The maximum atomic E-state index is 12.3. The summed E-state index contributed by atoms with van der Waals surface area (Å²) in [5.74, 6) is -0.922. The van der Waals surface area contributed by atoms with Gasteiger partial charge in [-0.25, -0.2) is 4.79 Å². The predicted octanol–water partition coefficient (Wildman–Crippen LogP) is 1.96. The number of nitrogens with one attached hydrogen (secondary N) is 1. The van der Waals surface area contributed by atoms with Crippen molar-refractivity contribution in [2.75, 3.05) is 25.6 Å². The average Bonchev–Trinajstić information content (AvgIpc) is 2.49. The first-order valence-corrected chi connectivity index (χ1v) is 6.99. The molecule has 1 aromatic carbocycles. The lowest BCUT2D eigenvalue weighted by atomic mass is 10.1. The van der Waals surface area contributed by atoms with Crippen LogP contribution in [0.2, 0.25) is 0 Å². The van der Waals surface area contributed by atoms with Crippen LogP contribution in [0.3, 0.4) is 0 Å². The minimum Gasteiger partial charge on any atom is -0.481 e. The van der Waals surface area contributed by atoms with Crippen molar-refractivity contribution in [1.82, 2.24) is 4.90 Å². The third-order valence-corrected chi connectivity index (χ3v) is 3.66. The second kappa shape index (κ2) is 7.08. The highest BCUT2D eigenvalue weighted by molar-refractivity contribution is 5.91. The molecule has 0 unspecified atom stereocenters. The molecule has 1 fully saturated rings. The van der Waals surface area contributed by atoms with Gasteiger partial charge in [-0.05, 0) is 24.5 Å². The molecular formula is C15H20N2O4. The van der Waals surface area contributed by atoms with Gasteiger partial charge in [-0.15, -0.1) is 0 Å². The molecule has 2 amide bonds. The molecule has 114 valence electrons. The summed E-state index contributed by atoms with van der Waals surface area (Å²) < 4.78 is 5.29. The van der Waals surface area contributed by atoms with Crippen molar-refractivity contribution in [2.24, 2.45) is 0 Å². The van der Waals surface area contributed by atoms with E-state index >= 15 is 0 Å². The highest BCUT2D eigenvalue weighted by Crippen LogP contribution is 2.18. The summed E-state index contributed by atoms with van der Waals surface area (Å²) in [6.45, 7) is 1.33. The molecule has 1 heterocycles. The predicted molar refractivity (Wildman–Crippen MR) is 78.4 cm³/mol. The van der Waals surface area contributed by atoms with Gasteiger partial charge >= 0.3 is 12.0 Å². The van der Waals surface area contributed by atoms with Gasteiger partial charge in [-0.1, -0.05) is 18.2 Å². The van der Waals surface area contributed by atoms with E-state index in [2.05, 4.69) is 5.32 Å². The molecule has 2 rings (SSSR count). The standard InChI is InChI=1S/C15H20N2O4/c1-17(12-6-8-21-9-7-12)15(20)16-13-5-3-2-4-11(13)10-14(18)19/h2-5,12H,6-10H2,1H3,(H,16,20)(H,18,19). The third-order valence-electron chi connectivity index (χ3n) is 3.66. The smallest absolute Gasteiger partial charge is 0.321 e. The zero-order chi connectivity index (χ0) is 15.2. The molecule has 0 spiro atoms. The lowest BCUT2D eigenvalue weighted by molar-refractivity contribution is -0.136. The number of aliphatic carboxylic acids is 1. The fraction of sp³-hybridized carbons (Fsp3) is 0.467. The number of hydrogen-bond donors (Lipinski definition) is 2. The van der Waals surface area contributed by atoms with Crippen LogP contribution in [-0.4, -0.2) is 48.3 Å². The summed E-state index contributed by atoms with van der Waals surface area (Å²) in [4.78, 5) is 24.8. The highest BCUT2D eigenvalue weighted by Gasteiger charge is 2.23. The van der Waals surface area contributed by atoms with Crippen molar-refractivity contribution >= 4 is 17.7 Å². The van der Waals surface area contributed by atoms with Crippen molar-refractivity contribution in [3.05, 3.63) is 29.8 Å². The maximum Gasteiger partial charge on any atom is 0.321 e. The Kier molecular flexibility index (Phi) is 5.16. The molecule has 2 N–H and O–H groups in total. The van der Waals surface area contributed by atoms with Crippen molar-refractivity contribution in [1.29, 1.82) is 0 Å². The number of benzene rings is 1. The Labute approximate surface area is 123 Å². The van der Waals surface area contributed by atoms with Crippen molar-refractivity contribution in [2.45, 2.75) is 25.3 Å². The van der Waals surface area contributed by atoms with Gasteiger partial charge in [0.15, 0.2) is 0 Å². The van der Waals surface area contributed by atoms with Crippen LogP contribution in [0.4, 0.5) is 10.5 Å². The molecule has 1 aliphatic rings. The number of urea groups is 1. The molecule has 6 nitrogen and oxygen atoms in total. The lowest BCUT2D eigenvalue weighted by Gasteiger charge is -2.31. The minimum absolute atomic E-state index is 0.114. The van der Waals surface area contributed by atoms with E-state index in [9.17, 15) is 9.59 Å². The number of nitrogens with zero attached hydrogens (tertiary/aromatic N) is 1. The SMILES string of the molecule is CN(C(=O)Nc1ccccc1CC(=O)O)C1CCOCC1. The molecule has 21 heavy (non-hydrogen) atoms. The summed E-state index contributed by atoms with van der Waals surface area (Å²) >= 11 is 0. The Balaban J connectivity index is 2.03. The van der Waals surface area contributed by atoms with Crippen LogP contribution in [0, 0.1) is 0 Å². The van der Waals surface area contributed by atoms with Gasteiger partial charge in [0, 0.05) is 32.0 Å². The molecule has 0 atom stereocenters. The number of hydrogen-bond acceptors (Lipinski definition) is 3. The van der Waals surface area contributed by atoms with Crippen LogP contribution in [0.5, 0.6) is 0 Å². The van der Waals surface area contributed by atoms with Gasteiger partial charge in [0.2, 0.25) is 0 Å².